The maximum Gasteiger partial charge on any atom is 0.423 e. The Balaban J connectivity index is 1.54. The molecule has 34 heavy (non-hydrogen) atoms. The van der Waals surface area contributed by atoms with Gasteiger partial charge in [-0.3, -0.25) is 9.63 Å². The summed E-state index contributed by atoms with van der Waals surface area (Å²) in [5, 5.41) is 7.44. The van der Waals surface area contributed by atoms with Crippen LogP contribution < -0.4 is 5.48 Å². The molecule has 12 heteroatoms. The fourth-order valence-electron chi connectivity index (χ4n) is 4.14. The number of alkyl halides is 4. The molecule has 0 aromatic heterocycles. The van der Waals surface area contributed by atoms with Gasteiger partial charge in [-0.1, -0.05) is 47.5 Å². The molecule has 2 fully saturated rings. The van der Waals surface area contributed by atoms with E-state index in [-0.39, 0.29) is 25.1 Å². The second-order valence-electron chi connectivity index (χ2n) is 8.23. The number of nitrogens with zero attached hydrogens (tertiary/aromatic N) is 2. The monoisotopic (exact) mass is 519 g/mol. The quantitative estimate of drug-likeness (QED) is 0.429. The lowest BCUT2D eigenvalue weighted by molar-refractivity contribution is -0.282. The summed E-state index contributed by atoms with van der Waals surface area (Å²) in [6.07, 6.45) is -5.84. The molecule has 0 saturated carbocycles. The summed E-state index contributed by atoms with van der Waals surface area (Å²) in [6.45, 7) is -0.415. The molecule has 2 aliphatic heterocycles. The van der Waals surface area contributed by atoms with E-state index >= 15 is 4.39 Å². The molecule has 0 radical (unpaired) electrons. The van der Waals surface area contributed by atoms with Crippen LogP contribution in [-0.4, -0.2) is 30.1 Å². The van der Waals surface area contributed by atoms with Crippen molar-refractivity contribution in [1.82, 2.24) is 10.4 Å². The number of rotatable bonds is 4. The number of nitriles is 1. The lowest BCUT2D eigenvalue weighted by atomic mass is 9.84. The Kier molecular flexibility index (Phi) is 6.27. The smallest absolute Gasteiger partial charge is 0.335 e. The molecule has 4 rings (SSSR count). The van der Waals surface area contributed by atoms with Gasteiger partial charge in [0, 0.05) is 6.42 Å². The van der Waals surface area contributed by atoms with Crippen LogP contribution in [0.4, 0.5) is 22.0 Å². The molecule has 2 unspecified atom stereocenters. The van der Waals surface area contributed by atoms with E-state index in [1.807, 2.05) is 0 Å². The van der Waals surface area contributed by atoms with E-state index in [2.05, 4.69) is 5.48 Å². The van der Waals surface area contributed by atoms with Gasteiger partial charge in [-0.05, 0) is 28.8 Å². The molecule has 2 saturated heterocycles. The van der Waals surface area contributed by atoms with Crippen molar-refractivity contribution < 1.29 is 31.6 Å². The number of likely N-dealkylation sites (tertiary alicyclic amines) is 1. The Hall–Kier alpha value is -2.45. The number of carbonyl (C=O) groups is 1. The number of amides is 1. The van der Waals surface area contributed by atoms with Gasteiger partial charge in [0.15, 0.2) is 11.5 Å². The molecule has 2 atom stereocenters. The molecule has 5 nitrogen and oxygen atoms in total. The molecule has 2 aromatic rings. The van der Waals surface area contributed by atoms with Crippen LogP contribution in [0.5, 0.6) is 0 Å². The fourth-order valence-corrected chi connectivity index (χ4v) is 4.63. The second-order valence-corrected chi connectivity index (χ2v) is 9.04. The summed E-state index contributed by atoms with van der Waals surface area (Å²) in [7, 11) is 0. The van der Waals surface area contributed by atoms with Crippen LogP contribution in [0.3, 0.4) is 0 Å². The summed E-state index contributed by atoms with van der Waals surface area (Å²) in [4.78, 5) is 17.9. The maximum absolute atomic E-state index is 15.1. The van der Waals surface area contributed by atoms with E-state index in [0.717, 1.165) is 12.1 Å². The van der Waals surface area contributed by atoms with Crippen LogP contribution in [0.15, 0.2) is 36.4 Å². The minimum absolute atomic E-state index is 0.207. The molecule has 0 spiro atoms. The highest BCUT2D eigenvalue weighted by Crippen LogP contribution is 2.52. The first-order chi connectivity index (χ1) is 15.9. The lowest BCUT2D eigenvalue weighted by Gasteiger charge is -2.44. The van der Waals surface area contributed by atoms with Crippen molar-refractivity contribution >= 4 is 29.1 Å². The average molecular weight is 520 g/mol. The number of hydrogen-bond acceptors (Lipinski definition) is 4. The molecule has 2 aromatic carbocycles. The molecular weight excluding hydrogens is 504 g/mol. The zero-order valence-electron chi connectivity index (χ0n) is 17.2. The summed E-state index contributed by atoms with van der Waals surface area (Å²) in [6, 6.07) is 8.24. The van der Waals surface area contributed by atoms with E-state index < -0.39 is 57.2 Å². The van der Waals surface area contributed by atoms with Crippen LogP contribution in [0.1, 0.15) is 35.6 Å². The fraction of sp³-hybridized carbons (Fsp3) is 0.364. The van der Waals surface area contributed by atoms with E-state index in [4.69, 9.17) is 33.3 Å². The van der Waals surface area contributed by atoms with Crippen molar-refractivity contribution in [3.63, 3.8) is 0 Å². The van der Waals surface area contributed by atoms with Gasteiger partial charge in [-0.2, -0.15) is 23.9 Å². The highest BCUT2D eigenvalue weighted by molar-refractivity contribution is 6.35. The van der Waals surface area contributed by atoms with Crippen LogP contribution >= 0.6 is 23.2 Å². The standard InChI is InChI=1S/C22H16Cl2F5N3O2/c23-15-7-14(8-16(24)19(15)25)21(22(27,28)29)9-17(31-34-21)12-1-3-13(4-2-12)20(26)10-32(11-20)18(33)5-6-30/h1-4,7-8,17,31H,5,9-11H2. The van der Waals surface area contributed by atoms with Gasteiger partial charge in [0.1, 0.15) is 6.42 Å². The summed E-state index contributed by atoms with van der Waals surface area (Å²) in [5.41, 5.74) is -2.08. The van der Waals surface area contributed by atoms with Crippen LogP contribution in [0.25, 0.3) is 0 Å². The SMILES string of the molecule is N#CCC(=O)N1CC(F)(c2ccc(C3CC(c4cc(Cl)c(F)c(Cl)c4)(C(F)(F)F)ON3)cc2)C1. The van der Waals surface area contributed by atoms with Crippen LogP contribution in [0, 0.1) is 17.1 Å². The van der Waals surface area contributed by atoms with E-state index in [1.165, 1.54) is 29.2 Å². The van der Waals surface area contributed by atoms with E-state index in [9.17, 15) is 22.4 Å². The number of hydroxylamine groups is 1. The van der Waals surface area contributed by atoms with Gasteiger partial charge >= 0.3 is 6.18 Å². The van der Waals surface area contributed by atoms with E-state index in [0.29, 0.717) is 5.56 Å². The number of benzene rings is 2. The first kappa shape index (κ1) is 24.7. The number of halogens is 7. The molecule has 0 aliphatic carbocycles. The largest absolute Gasteiger partial charge is 0.423 e. The van der Waals surface area contributed by atoms with Gasteiger partial charge in [-0.15, -0.1) is 0 Å². The van der Waals surface area contributed by atoms with Gasteiger partial charge in [0.2, 0.25) is 11.5 Å². The Morgan fingerprint density at radius 2 is 1.76 bits per heavy atom. The Labute approximate surface area is 200 Å². The normalized spacial score (nSPS) is 23.9. The van der Waals surface area contributed by atoms with Crippen molar-refractivity contribution in [3.05, 3.63) is 69.0 Å². The maximum atomic E-state index is 15.1. The predicted octanol–water partition coefficient (Wildman–Crippen LogP) is 5.48. The third-order valence-corrected chi connectivity index (χ3v) is 6.62. The summed E-state index contributed by atoms with van der Waals surface area (Å²) < 4.78 is 71.3. The van der Waals surface area contributed by atoms with Crippen LogP contribution in [0.2, 0.25) is 10.0 Å². The van der Waals surface area contributed by atoms with Gasteiger partial charge < -0.3 is 4.90 Å². The first-order valence-electron chi connectivity index (χ1n) is 9.99. The minimum atomic E-state index is -4.90. The van der Waals surface area contributed by atoms with Crippen molar-refractivity contribution in [2.24, 2.45) is 0 Å². The molecule has 180 valence electrons. The minimum Gasteiger partial charge on any atom is -0.335 e. The summed E-state index contributed by atoms with van der Waals surface area (Å²) in [5.74, 6) is -1.50. The Morgan fingerprint density at radius 3 is 2.29 bits per heavy atom. The van der Waals surface area contributed by atoms with Crippen molar-refractivity contribution in [3.8, 4) is 6.07 Å². The molecule has 2 aliphatic rings. The molecule has 1 N–H and O–H groups in total. The number of hydrogen-bond donors (Lipinski definition) is 1. The number of nitrogens with one attached hydrogen (secondary N) is 1. The molecular formula is C22H16Cl2F5N3O2. The molecule has 0 bridgehead atoms. The number of carbonyl (C=O) groups excluding carboxylic acids is 1. The zero-order chi connectivity index (χ0) is 24.9. The topological polar surface area (TPSA) is 65.4 Å². The van der Waals surface area contributed by atoms with Gasteiger partial charge in [0.25, 0.3) is 0 Å². The van der Waals surface area contributed by atoms with Crippen molar-refractivity contribution in [2.45, 2.75) is 36.3 Å². The predicted molar refractivity (Wildman–Crippen MR) is 112 cm³/mol. The van der Waals surface area contributed by atoms with E-state index in [1.54, 1.807) is 6.07 Å². The van der Waals surface area contributed by atoms with Crippen molar-refractivity contribution in [2.75, 3.05) is 13.1 Å². The molecule has 1 amide bonds. The van der Waals surface area contributed by atoms with Crippen molar-refractivity contribution in [1.29, 1.82) is 5.26 Å². The Bertz CT molecular complexity index is 1140. The average Bonchev–Trinajstić information content (AvgIpc) is 3.22. The highest BCUT2D eigenvalue weighted by Gasteiger charge is 2.62. The lowest BCUT2D eigenvalue weighted by Crippen LogP contribution is -2.58. The molecule has 2 heterocycles. The van der Waals surface area contributed by atoms with Crippen LogP contribution in [-0.2, 0) is 20.9 Å². The second kappa shape index (κ2) is 8.64. The Morgan fingerprint density at radius 1 is 1.18 bits per heavy atom. The van der Waals surface area contributed by atoms with Gasteiger partial charge in [-0.25, -0.2) is 8.78 Å². The third kappa shape index (κ3) is 4.11. The third-order valence-electron chi connectivity index (χ3n) is 6.07. The highest BCUT2D eigenvalue weighted by atomic mass is 35.5. The summed E-state index contributed by atoms with van der Waals surface area (Å²) >= 11 is 11.4. The first-order valence-corrected chi connectivity index (χ1v) is 10.8. The zero-order valence-corrected chi connectivity index (χ0v) is 18.7. The van der Waals surface area contributed by atoms with Gasteiger partial charge in [0.05, 0.1) is 35.2 Å².